The number of nitrogens with zero attached hydrogens (tertiary/aromatic N) is 3. The number of benzene rings is 2. The van der Waals surface area contributed by atoms with Gasteiger partial charge in [0.2, 0.25) is 0 Å². The van der Waals surface area contributed by atoms with Crippen LogP contribution in [-0.4, -0.2) is 77.5 Å². The third-order valence-corrected chi connectivity index (χ3v) is 6.95. The Morgan fingerprint density at radius 3 is 2.56 bits per heavy atom. The van der Waals surface area contributed by atoms with Crippen LogP contribution in [0.4, 0.5) is 5.69 Å². The first-order valence-corrected chi connectivity index (χ1v) is 13.2. The van der Waals surface area contributed by atoms with Crippen LogP contribution in [0.3, 0.4) is 0 Å². The number of ketones is 1. The zero-order valence-electron chi connectivity index (χ0n) is 22.6. The van der Waals surface area contributed by atoms with Crippen molar-refractivity contribution in [1.29, 1.82) is 0 Å². The van der Waals surface area contributed by atoms with E-state index in [4.69, 9.17) is 9.47 Å². The number of aliphatic hydroxyl groups is 1. The number of nitro groups is 1. The number of carbonyl (C=O) groups is 2. The van der Waals surface area contributed by atoms with Crippen LogP contribution in [0.1, 0.15) is 43.0 Å². The minimum atomic E-state index is -0.953. The number of amides is 1. The fourth-order valence-corrected chi connectivity index (χ4v) is 4.95. The second kappa shape index (κ2) is 12.4. The number of likely N-dealkylation sites (tertiary alicyclic amines) is 1. The quantitative estimate of drug-likeness (QED) is 0.158. The summed E-state index contributed by atoms with van der Waals surface area (Å²) in [5, 5.41) is 22.9. The van der Waals surface area contributed by atoms with Gasteiger partial charge >= 0.3 is 0 Å². The van der Waals surface area contributed by atoms with Crippen molar-refractivity contribution in [2.45, 2.75) is 33.2 Å². The Morgan fingerprint density at radius 1 is 1.15 bits per heavy atom. The predicted octanol–water partition coefficient (Wildman–Crippen LogP) is 4.08. The molecule has 39 heavy (non-hydrogen) atoms. The van der Waals surface area contributed by atoms with Crippen LogP contribution in [0.25, 0.3) is 5.76 Å². The average molecular weight is 538 g/mol. The molecule has 0 bridgehead atoms. The Hall–Kier alpha value is -3.76. The molecule has 0 unspecified atom stereocenters. The van der Waals surface area contributed by atoms with Gasteiger partial charge < -0.3 is 19.5 Å². The molecule has 0 spiro atoms. The molecular weight excluding hydrogens is 502 g/mol. The lowest BCUT2D eigenvalue weighted by Crippen LogP contribution is -2.39. The Morgan fingerprint density at radius 2 is 1.90 bits per heavy atom. The molecule has 2 aromatic carbocycles. The van der Waals surface area contributed by atoms with E-state index >= 15 is 0 Å². The zero-order chi connectivity index (χ0) is 28.1. The average Bonchev–Trinajstić information content (AvgIpc) is 3.17. The van der Waals surface area contributed by atoms with Crippen LogP contribution in [0.2, 0.25) is 0 Å². The molecule has 2 heterocycles. The van der Waals surface area contributed by atoms with E-state index in [1.165, 1.54) is 23.1 Å². The highest BCUT2D eigenvalue weighted by molar-refractivity contribution is 6.46. The molecule has 10 heteroatoms. The normalized spacial score (nSPS) is 19.6. The van der Waals surface area contributed by atoms with Crippen molar-refractivity contribution in [3.8, 4) is 5.75 Å². The summed E-state index contributed by atoms with van der Waals surface area (Å²) in [6.45, 7) is 10.3. The SMILES string of the molecule is Cc1cc(OCC(C)C)ccc1/C(O)=C1\C(=O)C(=O)N(CCCN2CCOCC2)[C@@H]1c1cccc([N+](=O)[O-])c1. The molecule has 1 amide bonds. The summed E-state index contributed by atoms with van der Waals surface area (Å²) < 4.78 is 11.2. The number of ether oxygens (including phenoxy) is 2. The topological polar surface area (TPSA) is 122 Å². The van der Waals surface area contributed by atoms with Gasteiger partial charge in [0.25, 0.3) is 17.4 Å². The number of Topliss-reactive ketones (excluding diaryl/α,β-unsaturated/α-hetero) is 1. The first kappa shape index (κ1) is 28.3. The van der Waals surface area contributed by atoms with Crippen LogP contribution in [0.5, 0.6) is 5.75 Å². The molecule has 10 nitrogen and oxygen atoms in total. The van der Waals surface area contributed by atoms with Crippen molar-refractivity contribution in [3.05, 3.63) is 74.8 Å². The van der Waals surface area contributed by atoms with Crippen molar-refractivity contribution in [2.24, 2.45) is 5.92 Å². The molecule has 2 fully saturated rings. The minimum Gasteiger partial charge on any atom is -0.507 e. The lowest BCUT2D eigenvalue weighted by Gasteiger charge is -2.29. The van der Waals surface area contributed by atoms with E-state index in [2.05, 4.69) is 4.90 Å². The lowest BCUT2D eigenvalue weighted by atomic mass is 9.93. The molecule has 2 aromatic rings. The monoisotopic (exact) mass is 537 g/mol. The number of hydrogen-bond acceptors (Lipinski definition) is 8. The van der Waals surface area contributed by atoms with Gasteiger partial charge in [0, 0.05) is 43.9 Å². The van der Waals surface area contributed by atoms with Gasteiger partial charge in [-0.2, -0.15) is 0 Å². The third-order valence-electron chi connectivity index (χ3n) is 6.95. The van der Waals surface area contributed by atoms with E-state index in [1.54, 1.807) is 31.2 Å². The van der Waals surface area contributed by atoms with E-state index in [-0.39, 0.29) is 23.6 Å². The van der Waals surface area contributed by atoms with Crippen molar-refractivity contribution >= 4 is 23.1 Å². The van der Waals surface area contributed by atoms with Crippen molar-refractivity contribution < 1.29 is 29.1 Å². The minimum absolute atomic E-state index is 0.0779. The predicted molar refractivity (Wildman–Crippen MR) is 145 cm³/mol. The number of nitro benzene ring substituents is 1. The molecule has 1 N–H and O–H groups in total. The first-order chi connectivity index (χ1) is 18.7. The zero-order valence-corrected chi connectivity index (χ0v) is 22.6. The Labute approximate surface area is 228 Å². The maximum atomic E-state index is 13.4. The fourth-order valence-electron chi connectivity index (χ4n) is 4.95. The summed E-state index contributed by atoms with van der Waals surface area (Å²) in [7, 11) is 0. The highest BCUT2D eigenvalue weighted by Crippen LogP contribution is 2.41. The number of aryl methyl sites for hydroxylation is 1. The first-order valence-electron chi connectivity index (χ1n) is 13.2. The molecule has 0 aliphatic carbocycles. The lowest BCUT2D eigenvalue weighted by molar-refractivity contribution is -0.384. The van der Waals surface area contributed by atoms with E-state index in [1.807, 2.05) is 13.8 Å². The number of aliphatic hydroxyl groups excluding tert-OH is 1. The summed E-state index contributed by atoms with van der Waals surface area (Å²) in [5.41, 5.74) is 1.23. The molecule has 2 aliphatic heterocycles. The smallest absolute Gasteiger partial charge is 0.295 e. The number of non-ortho nitro benzene ring substituents is 1. The largest absolute Gasteiger partial charge is 0.507 e. The maximum absolute atomic E-state index is 13.4. The van der Waals surface area contributed by atoms with Crippen LogP contribution in [0.15, 0.2) is 48.0 Å². The number of hydrogen-bond donors (Lipinski definition) is 1. The molecular formula is C29H35N3O7. The summed E-state index contributed by atoms with van der Waals surface area (Å²) in [6.07, 6.45) is 0.597. The Bertz CT molecular complexity index is 1270. The van der Waals surface area contributed by atoms with E-state index in [0.29, 0.717) is 61.1 Å². The number of morpholine rings is 1. The molecule has 2 saturated heterocycles. The molecule has 4 rings (SSSR count). The van der Waals surface area contributed by atoms with E-state index in [9.17, 15) is 24.8 Å². The van der Waals surface area contributed by atoms with Crippen molar-refractivity contribution in [3.63, 3.8) is 0 Å². The van der Waals surface area contributed by atoms with Crippen LogP contribution >= 0.6 is 0 Å². The number of carbonyl (C=O) groups excluding carboxylic acids is 2. The van der Waals surface area contributed by atoms with Gasteiger partial charge in [-0.25, -0.2) is 0 Å². The highest BCUT2D eigenvalue weighted by Gasteiger charge is 2.46. The maximum Gasteiger partial charge on any atom is 0.295 e. The van der Waals surface area contributed by atoms with Crippen molar-refractivity contribution in [2.75, 3.05) is 46.0 Å². The molecule has 1 atom stereocenters. The van der Waals surface area contributed by atoms with Crippen molar-refractivity contribution in [1.82, 2.24) is 9.80 Å². The third kappa shape index (κ3) is 6.46. The molecule has 0 aromatic heterocycles. The van der Waals surface area contributed by atoms with E-state index < -0.39 is 22.7 Å². The summed E-state index contributed by atoms with van der Waals surface area (Å²) in [6, 6.07) is 10.1. The molecule has 0 radical (unpaired) electrons. The standard InChI is InChI=1S/C29H35N3O7/c1-19(2)18-39-23-8-9-24(20(3)16-23)27(33)25-26(21-6-4-7-22(17-21)32(36)37)31(29(35)28(25)34)11-5-10-30-12-14-38-15-13-30/h4,6-9,16-17,19,26,33H,5,10-15,18H2,1-3H3/b27-25+/t26-/m1/s1. The van der Waals surface area contributed by atoms with Gasteiger partial charge in [-0.05, 0) is 48.6 Å². The summed E-state index contributed by atoms with van der Waals surface area (Å²) in [5.74, 6) is -0.878. The van der Waals surface area contributed by atoms with Crippen LogP contribution in [-0.2, 0) is 14.3 Å². The number of rotatable bonds is 10. The molecule has 208 valence electrons. The van der Waals surface area contributed by atoms with Gasteiger partial charge in [-0.3, -0.25) is 24.6 Å². The van der Waals surface area contributed by atoms with Gasteiger partial charge in [0.1, 0.15) is 11.5 Å². The summed E-state index contributed by atoms with van der Waals surface area (Å²) >= 11 is 0. The van der Waals surface area contributed by atoms with Crippen LogP contribution in [0, 0.1) is 23.0 Å². The molecule has 2 aliphatic rings. The summed E-state index contributed by atoms with van der Waals surface area (Å²) in [4.78, 5) is 41.3. The highest BCUT2D eigenvalue weighted by atomic mass is 16.6. The second-order valence-electron chi connectivity index (χ2n) is 10.3. The Balaban J connectivity index is 1.70. The van der Waals surface area contributed by atoms with Gasteiger partial charge in [-0.1, -0.05) is 26.0 Å². The fraction of sp³-hybridized carbons (Fsp3) is 0.448. The van der Waals surface area contributed by atoms with Gasteiger partial charge in [0.15, 0.2) is 0 Å². The molecule has 0 saturated carbocycles. The Kier molecular flexibility index (Phi) is 8.98. The van der Waals surface area contributed by atoms with Gasteiger partial charge in [-0.15, -0.1) is 0 Å². The van der Waals surface area contributed by atoms with Gasteiger partial charge in [0.05, 0.1) is 36.4 Å². The second-order valence-corrected chi connectivity index (χ2v) is 10.3. The van der Waals surface area contributed by atoms with Crippen LogP contribution < -0.4 is 4.74 Å². The van der Waals surface area contributed by atoms with E-state index in [0.717, 1.165) is 13.1 Å².